The van der Waals surface area contributed by atoms with Crippen molar-refractivity contribution in [1.82, 2.24) is 15.0 Å². The van der Waals surface area contributed by atoms with Crippen molar-refractivity contribution >= 4 is 11.9 Å². The zero-order valence-electron chi connectivity index (χ0n) is 13.4. The molecule has 1 aromatic rings. The van der Waals surface area contributed by atoms with Crippen molar-refractivity contribution in [3.63, 3.8) is 0 Å². The number of rotatable bonds is 7. The second-order valence-electron chi connectivity index (χ2n) is 5.88. The van der Waals surface area contributed by atoms with Gasteiger partial charge >= 0.3 is 6.01 Å². The van der Waals surface area contributed by atoms with E-state index in [9.17, 15) is 0 Å². The fourth-order valence-corrected chi connectivity index (χ4v) is 1.33. The van der Waals surface area contributed by atoms with Gasteiger partial charge in [0.25, 0.3) is 0 Å². The number of aromatic nitrogens is 3. The molecule has 0 spiro atoms. The topological polar surface area (TPSA) is 72.0 Å². The van der Waals surface area contributed by atoms with Crippen LogP contribution in [0.4, 0.5) is 11.9 Å². The first-order valence-corrected chi connectivity index (χ1v) is 7.26. The van der Waals surface area contributed by atoms with Gasteiger partial charge in [0.2, 0.25) is 11.9 Å². The number of hydrogen-bond acceptors (Lipinski definition) is 6. The van der Waals surface area contributed by atoms with Gasteiger partial charge < -0.3 is 15.4 Å². The Morgan fingerprint density at radius 2 is 1.75 bits per heavy atom. The molecule has 0 aromatic carbocycles. The molecule has 6 heteroatoms. The smallest absolute Gasteiger partial charge is 0.323 e. The molecule has 114 valence electrons. The Morgan fingerprint density at radius 1 is 1.10 bits per heavy atom. The second kappa shape index (κ2) is 7.26. The number of hydrogen-bond donors (Lipinski definition) is 2. The molecule has 0 bridgehead atoms. The molecule has 0 amide bonds. The van der Waals surface area contributed by atoms with Crippen LogP contribution in [0.25, 0.3) is 0 Å². The summed E-state index contributed by atoms with van der Waals surface area (Å²) >= 11 is 0. The van der Waals surface area contributed by atoms with Crippen LogP contribution in [0.15, 0.2) is 0 Å². The zero-order valence-corrected chi connectivity index (χ0v) is 13.4. The SMILES string of the molecule is CCCOc1nc(NCC)nc(NC(C)C(C)(C)C)n1. The summed E-state index contributed by atoms with van der Waals surface area (Å²) in [6, 6.07) is 0.597. The molecule has 0 saturated heterocycles. The number of nitrogens with zero attached hydrogens (tertiary/aromatic N) is 3. The Morgan fingerprint density at radius 3 is 2.30 bits per heavy atom. The summed E-state index contributed by atoms with van der Waals surface area (Å²) in [6.07, 6.45) is 0.920. The van der Waals surface area contributed by atoms with E-state index in [2.05, 4.69) is 53.3 Å². The van der Waals surface area contributed by atoms with E-state index in [0.29, 0.717) is 24.5 Å². The highest BCUT2D eigenvalue weighted by Gasteiger charge is 2.21. The van der Waals surface area contributed by atoms with E-state index in [1.165, 1.54) is 0 Å². The highest BCUT2D eigenvalue weighted by Crippen LogP contribution is 2.22. The van der Waals surface area contributed by atoms with Gasteiger partial charge in [-0.05, 0) is 25.7 Å². The van der Waals surface area contributed by atoms with E-state index in [4.69, 9.17) is 4.74 Å². The van der Waals surface area contributed by atoms with Crippen molar-refractivity contribution in [3.8, 4) is 6.01 Å². The molecule has 0 aliphatic heterocycles. The molecule has 20 heavy (non-hydrogen) atoms. The van der Waals surface area contributed by atoms with Crippen LogP contribution < -0.4 is 15.4 Å². The van der Waals surface area contributed by atoms with E-state index in [1.807, 2.05) is 13.8 Å². The van der Waals surface area contributed by atoms with Crippen LogP contribution in [-0.2, 0) is 0 Å². The Hall–Kier alpha value is -1.59. The summed E-state index contributed by atoms with van der Waals surface area (Å²) in [7, 11) is 0. The van der Waals surface area contributed by atoms with Crippen molar-refractivity contribution in [2.24, 2.45) is 5.41 Å². The van der Waals surface area contributed by atoms with E-state index in [1.54, 1.807) is 0 Å². The van der Waals surface area contributed by atoms with Crippen LogP contribution >= 0.6 is 0 Å². The predicted octanol–water partition coefficient (Wildman–Crippen LogP) is 2.94. The predicted molar refractivity (Wildman–Crippen MR) is 82.3 cm³/mol. The van der Waals surface area contributed by atoms with E-state index < -0.39 is 0 Å². The summed E-state index contributed by atoms with van der Waals surface area (Å²) in [5, 5.41) is 6.41. The van der Waals surface area contributed by atoms with E-state index in [-0.39, 0.29) is 11.5 Å². The summed E-state index contributed by atoms with van der Waals surface area (Å²) in [4.78, 5) is 12.9. The quantitative estimate of drug-likeness (QED) is 0.800. The van der Waals surface area contributed by atoms with Gasteiger partial charge in [0.05, 0.1) is 6.61 Å². The fourth-order valence-electron chi connectivity index (χ4n) is 1.33. The van der Waals surface area contributed by atoms with Crippen LogP contribution in [0, 0.1) is 5.41 Å². The first-order chi connectivity index (χ1) is 9.36. The third kappa shape index (κ3) is 5.19. The second-order valence-corrected chi connectivity index (χ2v) is 5.88. The van der Waals surface area contributed by atoms with Gasteiger partial charge in [0.15, 0.2) is 0 Å². The third-order valence-electron chi connectivity index (χ3n) is 3.03. The lowest BCUT2D eigenvalue weighted by atomic mass is 9.88. The van der Waals surface area contributed by atoms with Crippen LogP contribution in [0.1, 0.15) is 48.0 Å². The minimum atomic E-state index is 0.120. The van der Waals surface area contributed by atoms with Gasteiger partial charge in [0, 0.05) is 12.6 Å². The summed E-state index contributed by atoms with van der Waals surface area (Å²) in [5.41, 5.74) is 0.120. The Balaban J connectivity index is 2.90. The molecule has 0 aliphatic carbocycles. The Bertz CT molecular complexity index is 417. The van der Waals surface area contributed by atoms with Crippen molar-refractivity contribution in [2.45, 2.75) is 54.0 Å². The maximum Gasteiger partial charge on any atom is 0.323 e. The summed E-state index contributed by atoms with van der Waals surface area (Å²) in [5.74, 6) is 1.08. The average molecular weight is 281 g/mol. The van der Waals surface area contributed by atoms with Crippen LogP contribution in [0.3, 0.4) is 0 Å². The molecule has 0 fully saturated rings. The van der Waals surface area contributed by atoms with Crippen molar-refractivity contribution < 1.29 is 4.74 Å². The summed E-state index contributed by atoms with van der Waals surface area (Å²) in [6.45, 7) is 14.0. The van der Waals surface area contributed by atoms with Gasteiger partial charge in [-0.1, -0.05) is 27.7 Å². The van der Waals surface area contributed by atoms with Crippen molar-refractivity contribution in [2.75, 3.05) is 23.8 Å². The molecule has 0 radical (unpaired) electrons. The lowest BCUT2D eigenvalue weighted by Gasteiger charge is -2.28. The van der Waals surface area contributed by atoms with E-state index >= 15 is 0 Å². The number of anilines is 2. The van der Waals surface area contributed by atoms with Crippen LogP contribution in [0.5, 0.6) is 6.01 Å². The number of nitrogens with one attached hydrogen (secondary N) is 2. The normalized spacial score (nSPS) is 12.9. The first-order valence-electron chi connectivity index (χ1n) is 7.26. The highest BCUT2D eigenvalue weighted by molar-refractivity contribution is 5.36. The lowest BCUT2D eigenvalue weighted by Crippen LogP contribution is -2.31. The van der Waals surface area contributed by atoms with E-state index in [0.717, 1.165) is 13.0 Å². The van der Waals surface area contributed by atoms with Crippen molar-refractivity contribution in [3.05, 3.63) is 0 Å². The fraction of sp³-hybridized carbons (Fsp3) is 0.786. The zero-order chi connectivity index (χ0) is 15.2. The monoisotopic (exact) mass is 281 g/mol. The van der Waals surface area contributed by atoms with Crippen LogP contribution in [0.2, 0.25) is 0 Å². The molecule has 1 rings (SSSR count). The molecule has 0 aliphatic rings. The first kappa shape index (κ1) is 16.5. The molecular formula is C14H27N5O. The maximum atomic E-state index is 5.51. The average Bonchev–Trinajstić information content (AvgIpc) is 2.35. The van der Waals surface area contributed by atoms with Gasteiger partial charge in [0.1, 0.15) is 0 Å². The molecule has 1 unspecified atom stereocenters. The summed E-state index contributed by atoms with van der Waals surface area (Å²) < 4.78 is 5.51. The molecule has 1 heterocycles. The molecule has 0 saturated carbocycles. The van der Waals surface area contributed by atoms with Gasteiger partial charge in [-0.15, -0.1) is 0 Å². The molecule has 1 atom stereocenters. The maximum absolute atomic E-state index is 5.51. The Labute approximate surface area is 121 Å². The minimum absolute atomic E-state index is 0.120. The van der Waals surface area contributed by atoms with Gasteiger partial charge in [-0.3, -0.25) is 0 Å². The van der Waals surface area contributed by atoms with Gasteiger partial charge in [-0.2, -0.15) is 15.0 Å². The highest BCUT2D eigenvalue weighted by atomic mass is 16.5. The standard InChI is InChI=1S/C14H27N5O/c1-7-9-20-13-18-11(15-8-2)17-12(19-13)16-10(3)14(4,5)6/h10H,7-9H2,1-6H3,(H2,15,16,17,18,19). The molecule has 6 nitrogen and oxygen atoms in total. The van der Waals surface area contributed by atoms with Crippen LogP contribution in [-0.4, -0.2) is 34.1 Å². The Kier molecular flexibility index (Phi) is 5.98. The molecule has 2 N–H and O–H groups in total. The molecular weight excluding hydrogens is 254 g/mol. The lowest BCUT2D eigenvalue weighted by molar-refractivity contribution is 0.291. The minimum Gasteiger partial charge on any atom is -0.463 e. The third-order valence-corrected chi connectivity index (χ3v) is 3.03. The largest absolute Gasteiger partial charge is 0.463 e. The molecule has 1 aromatic heterocycles. The van der Waals surface area contributed by atoms with Gasteiger partial charge in [-0.25, -0.2) is 0 Å². The number of ether oxygens (including phenoxy) is 1. The van der Waals surface area contributed by atoms with Crippen molar-refractivity contribution in [1.29, 1.82) is 0 Å².